The molecule has 3 amide bonds. The molecule has 0 heterocycles. The molecule has 0 saturated carbocycles. The van der Waals surface area contributed by atoms with Crippen LogP contribution in [0.2, 0.25) is 0 Å². The van der Waals surface area contributed by atoms with E-state index in [1.165, 1.54) is 5.39 Å². The fourth-order valence-corrected chi connectivity index (χ4v) is 2.85. The van der Waals surface area contributed by atoms with Crippen LogP contribution >= 0.6 is 31.9 Å². The number of hydrogen-bond donors (Lipinski definition) is 2. The smallest absolute Gasteiger partial charge is 0.308 e. The van der Waals surface area contributed by atoms with E-state index in [-0.39, 0.29) is 0 Å². The lowest BCUT2D eigenvalue weighted by molar-refractivity contribution is -0.118. The highest BCUT2D eigenvalue weighted by Gasteiger charge is 2.16. The molecule has 0 spiro atoms. The Morgan fingerprint density at radius 3 is 2.21 bits per heavy atom. The summed E-state index contributed by atoms with van der Waals surface area (Å²) in [6.45, 7) is 0. The van der Waals surface area contributed by atoms with E-state index in [0.29, 0.717) is 11.0 Å². The zero-order valence-electron chi connectivity index (χ0n) is 12.6. The monoisotopic (exact) mass is 448 g/mol. The van der Waals surface area contributed by atoms with Crippen LogP contribution in [0, 0.1) is 0 Å². The van der Waals surface area contributed by atoms with Gasteiger partial charge in [-0.1, -0.05) is 62.2 Å². The van der Waals surface area contributed by atoms with Crippen molar-refractivity contribution in [3.05, 3.63) is 54.6 Å². The number of carbonyl (C=O) groups excluding carboxylic acids is 2. The van der Waals surface area contributed by atoms with Gasteiger partial charge in [0.15, 0.2) is 0 Å². The Morgan fingerprint density at radius 1 is 0.917 bits per heavy atom. The molecule has 0 aliphatic rings. The van der Waals surface area contributed by atoms with Crippen molar-refractivity contribution in [3.8, 4) is 0 Å². The number of nitrogens with one attached hydrogen (secondary N) is 2. The van der Waals surface area contributed by atoms with Crippen molar-refractivity contribution in [1.29, 1.82) is 0 Å². The Bertz CT molecular complexity index is 927. The largest absolute Gasteiger partial charge is 0.325 e. The third-order valence-electron chi connectivity index (χ3n) is 3.62. The molecule has 3 aromatic rings. The molecule has 1 unspecified atom stereocenters. The van der Waals surface area contributed by atoms with E-state index in [1.807, 2.05) is 30.3 Å². The number of halogens is 2. The molecular weight excluding hydrogens is 436 g/mol. The quantitative estimate of drug-likeness (QED) is 0.445. The highest BCUT2D eigenvalue weighted by atomic mass is 79.9. The van der Waals surface area contributed by atoms with Gasteiger partial charge in [-0.2, -0.15) is 0 Å². The average Bonchev–Trinajstić information content (AvgIpc) is 2.58. The molecule has 0 aromatic heterocycles. The third-order valence-corrected chi connectivity index (χ3v) is 5.88. The van der Waals surface area contributed by atoms with Gasteiger partial charge in [0.25, 0.3) is 0 Å². The van der Waals surface area contributed by atoms with E-state index in [1.54, 1.807) is 0 Å². The fraction of sp³-hybridized carbons (Fsp3) is 0.111. The van der Waals surface area contributed by atoms with Crippen LogP contribution in [0.1, 0.15) is 0 Å². The Morgan fingerprint density at radius 2 is 1.54 bits per heavy atom. The van der Waals surface area contributed by atoms with E-state index in [0.717, 1.165) is 16.2 Å². The molecule has 4 nitrogen and oxygen atoms in total. The van der Waals surface area contributed by atoms with Crippen LogP contribution < -0.4 is 10.6 Å². The maximum Gasteiger partial charge on any atom is 0.325 e. The summed E-state index contributed by atoms with van der Waals surface area (Å²) < 4.78 is 0. The lowest BCUT2D eigenvalue weighted by Gasteiger charge is -2.10. The topological polar surface area (TPSA) is 58.2 Å². The van der Waals surface area contributed by atoms with Gasteiger partial charge in [0, 0.05) is 11.0 Å². The van der Waals surface area contributed by atoms with Crippen molar-refractivity contribution in [2.45, 2.75) is 4.83 Å². The van der Waals surface area contributed by atoms with E-state index < -0.39 is 16.8 Å². The van der Waals surface area contributed by atoms with E-state index in [9.17, 15) is 9.59 Å². The zero-order valence-corrected chi connectivity index (χ0v) is 15.7. The normalized spacial score (nSPS) is 12.1. The minimum absolute atomic E-state index is 0.392. The van der Waals surface area contributed by atoms with Crippen molar-refractivity contribution in [3.63, 3.8) is 0 Å². The van der Waals surface area contributed by atoms with Gasteiger partial charge in [0.05, 0.1) is 0 Å². The summed E-state index contributed by atoms with van der Waals surface area (Å²) >= 11 is 6.35. The molecule has 0 aliphatic heterocycles. The third kappa shape index (κ3) is 3.76. The molecule has 3 aromatic carbocycles. The van der Waals surface area contributed by atoms with Gasteiger partial charge < -0.3 is 5.32 Å². The van der Waals surface area contributed by atoms with Crippen LogP contribution in [-0.4, -0.2) is 22.1 Å². The second-order valence-electron chi connectivity index (χ2n) is 5.33. The van der Waals surface area contributed by atoms with Gasteiger partial charge in [-0.25, -0.2) is 4.79 Å². The first-order chi connectivity index (χ1) is 11.6. The van der Waals surface area contributed by atoms with Gasteiger partial charge in [-0.3, -0.25) is 10.1 Å². The number of urea groups is 1. The van der Waals surface area contributed by atoms with Crippen molar-refractivity contribution >= 4 is 71.0 Å². The Kier molecular flexibility index (Phi) is 5.16. The molecule has 0 fully saturated rings. The molecule has 6 heteroatoms. The van der Waals surface area contributed by atoms with Crippen LogP contribution in [-0.2, 0) is 4.79 Å². The van der Waals surface area contributed by atoms with Crippen LogP contribution in [0.25, 0.3) is 21.5 Å². The summed E-state index contributed by atoms with van der Waals surface area (Å²) in [6.07, 6.45) is 0. The minimum Gasteiger partial charge on any atom is -0.308 e. The number of imide groups is 1. The number of fused-ring (bicyclic) bond motifs is 2. The summed E-state index contributed by atoms with van der Waals surface area (Å²) in [4.78, 5) is 23.1. The number of alkyl halides is 2. The van der Waals surface area contributed by atoms with Gasteiger partial charge in [-0.05, 0) is 45.8 Å². The molecule has 0 saturated heterocycles. The average molecular weight is 450 g/mol. The standard InChI is InChI=1S/C18H14Br2N2O2/c19-10-16(20)17(23)22-18(24)21-15-6-5-13-7-11-3-1-2-4-12(11)8-14(13)9-15/h1-9,16H,10H2,(H2,21,22,23,24). The van der Waals surface area contributed by atoms with Crippen molar-refractivity contribution in [2.24, 2.45) is 0 Å². The molecule has 1 atom stereocenters. The van der Waals surface area contributed by atoms with Crippen molar-refractivity contribution < 1.29 is 9.59 Å². The molecule has 0 radical (unpaired) electrons. The first kappa shape index (κ1) is 16.9. The summed E-state index contributed by atoms with van der Waals surface area (Å²) in [7, 11) is 0. The number of amides is 3. The first-order valence-corrected chi connectivity index (χ1v) is 9.35. The summed E-state index contributed by atoms with van der Waals surface area (Å²) in [5.74, 6) is -0.392. The Hall–Kier alpha value is -1.92. The van der Waals surface area contributed by atoms with E-state index in [2.05, 4.69) is 66.8 Å². The summed E-state index contributed by atoms with van der Waals surface area (Å²) in [6, 6.07) is 17.4. The van der Waals surface area contributed by atoms with Crippen LogP contribution in [0.15, 0.2) is 54.6 Å². The second-order valence-corrected chi connectivity index (χ2v) is 7.08. The number of anilines is 1. The minimum atomic E-state index is -0.550. The molecule has 0 aliphatic carbocycles. The number of carbonyl (C=O) groups is 2. The summed E-state index contributed by atoms with van der Waals surface area (Å²) in [5.41, 5.74) is 0.632. The molecule has 0 bridgehead atoms. The fourth-order valence-electron chi connectivity index (χ4n) is 2.44. The van der Waals surface area contributed by atoms with Gasteiger partial charge >= 0.3 is 6.03 Å². The molecule has 2 N–H and O–H groups in total. The number of hydrogen-bond acceptors (Lipinski definition) is 2. The summed E-state index contributed by atoms with van der Waals surface area (Å²) in [5, 5.41) is 9.83. The second kappa shape index (κ2) is 7.32. The van der Waals surface area contributed by atoms with Crippen LogP contribution in [0.3, 0.4) is 0 Å². The van der Waals surface area contributed by atoms with Gasteiger partial charge in [0.1, 0.15) is 4.83 Å². The molecule has 24 heavy (non-hydrogen) atoms. The molecule has 3 rings (SSSR count). The van der Waals surface area contributed by atoms with Crippen LogP contribution in [0.4, 0.5) is 10.5 Å². The van der Waals surface area contributed by atoms with E-state index in [4.69, 9.17) is 0 Å². The Balaban J connectivity index is 1.81. The SMILES string of the molecule is O=C(NC(=O)C(Br)CBr)Nc1ccc2cc3ccccc3cc2c1. The molecular formula is C18H14Br2N2O2. The highest BCUT2D eigenvalue weighted by molar-refractivity contribution is 9.12. The zero-order chi connectivity index (χ0) is 17.1. The maximum absolute atomic E-state index is 11.9. The van der Waals surface area contributed by atoms with Gasteiger partial charge in [-0.15, -0.1) is 0 Å². The molecule has 122 valence electrons. The van der Waals surface area contributed by atoms with Gasteiger partial charge in [0.2, 0.25) is 5.91 Å². The highest BCUT2D eigenvalue weighted by Crippen LogP contribution is 2.25. The van der Waals surface area contributed by atoms with Crippen molar-refractivity contribution in [2.75, 3.05) is 10.6 Å². The predicted octanol–water partition coefficient (Wildman–Crippen LogP) is 4.80. The maximum atomic E-state index is 11.9. The first-order valence-electron chi connectivity index (χ1n) is 7.31. The predicted molar refractivity (Wildman–Crippen MR) is 105 cm³/mol. The van der Waals surface area contributed by atoms with Crippen LogP contribution in [0.5, 0.6) is 0 Å². The Labute approximate surface area is 155 Å². The number of benzene rings is 3. The lowest BCUT2D eigenvalue weighted by Crippen LogP contribution is -2.39. The van der Waals surface area contributed by atoms with E-state index >= 15 is 0 Å². The lowest BCUT2D eigenvalue weighted by atomic mass is 10.0. The number of rotatable bonds is 3. The van der Waals surface area contributed by atoms with Crippen molar-refractivity contribution in [1.82, 2.24) is 5.32 Å².